The lowest BCUT2D eigenvalue weighted by Gasteiger charge is -2.27. The van der Waals surface area contributed by atoms with Crippen LogP contribution >= 0.6 is 0 Å². The van der Waals surface area contributed by atoms with Crippen LogP contribution in [-0.2, 0) is 11.3 Å². The number of morpholine rings is 1. The number of methoxy groups -OCH3 is 1. The molecule has 0 radical (unpaired) electrons. The SMILES string of the molecule is COc1ccc(/C=N/NC(=O)c2cc(-c3cc(C)ccc3C)nc3ccccc23)cc1CN1CCOCC1. The van der Waals surface area contributed by atoms with Crippen molar-refractivity contribution < 1.29 is 14.3 Å². The van der Waals surface area contributed by atoms with Crippen molar-refractivity contribution in [3.8, 4) is 17.0 Å². The average Bonchev–Trinajstić information content (AvgIpc) is 2.94. The molecule has 0 atom stereocenters. The van der Waals surface area contributed by atoms with E-state index in [1.807, 2.05) is 48.5 Å². The number of aromatic nitrogens is 1. The highest BCUT2D eigenvalue weighted by Gasteiger charge is 2.16. The lowest BCUT2D eigenvalue weighted by molar-refractivity contribution is 0.0339. The molecule has 0 aliphatic carbocycles. The van der Waals surface area contributed by atoms with E-state index in [1.165, 1.54) is 0 Å². The van der Waals surface area contributed by atoms with Crippen LogP contribution in [0.3, 0.4) is 0 Å². The Balaban J connectivity index is 1.39. The maximum Gasteiger partial charge on any atom is 0.272 e. The van der Waals surface area contributed by atoms with E-state index in [4.69, 9.17) is 14.5 Å². The molecule has 0 spiro atoms. The first-order valence-electron chi connectivity index (χ1n) is 12.8. The number of carbonyl (C=O) groups excluding carboxylic acids is 1. The number of pyridine rings is 1. The van der Waals surface area contributed by atoms with Crippen LogP contribution in [0.1, 0.15) is 32.6 Å². The second-order valence-corrected chi connectivity index (χ2v) is 9.55. The topological polar surface area (TPSA) is 76.0 Å². The fourth-order valence-corrected chi connectivity index (χ4v) is 4.74. The lowest BCUT2D eigenvalue weighted by Crippen LogP contribution is -2.35. The number of carbonyl (C=O) groups is 1. The molecule has 194 valence electrons. The van der Waals surface area contributed by atoms with E-state index in [9.17, 15) is 4.79 Å². The van der Waals surface area contributed by atoms with Gasteiger partial charge < -0.3 is 9.47 Å². The monoisotopic (exact) mass is 508 g/mol. The summed E-state index contributed by atoms with van der Waals surface area (Å²) in [7, 11) is 1.68. The van der Waals surface area contributed by atoms with Gasteiger partial charge in [0.1, 0.15) is 5.75 Å². The summed E-state index contributed by atoms with van der Waals surface area (Å²) in [6.45, 7) is 8.14. The molecule has 38 heavy (non-hydrogen) atoms. The molecule has 3 aromatic carbocycles. The predicted octanol–water partition coefficient (Wildman–Crippen LogP) is 5.12. The first kappa shape index (κ1) is 25.6. The van der Waals surface area contributed by atoms with Crippen LogP contribution in [0.25, 0.3) is 22.2 Å². The van der Waals surface area contributed by atoms with Gasteiger partial charge in [0.25, 0.3) is 5.91 Å². The van der Waals surface area contributed by atoms with E-state index in [2.05, 4.69) is 47.5 Å². The van der Waals surface area contributed by atoms with Crippen molar-refractivity contribution >= 4 is 23.0 Å². The molecule has 7 heteroatoms. The number of amides is 1. The van der Waals surface area contributed by atoms with E-state index in [0.717, 1.165) is 83.0 Å². The highest BCUT2D eigenvalue weighted by molar-refractivity contribution is 6.07. The van der Waals surface area contributed by atoms with Gasteiger partial charge in [0.05, 0.1) is 43.3 Å². The first-order chi connectivity index (χ1) is 18.5. The van der Waals surface area contributed by atoms with Crippen molar-refractivity contribution in [3.05, 3.63) is 94.5 Å². The number of rotatable bonds is 7. The quantitative estimate of drug-likeness (QED) is 0.277. The molecule has 1 saturated heterocycles. The summed E-state index contributed by atoms with van der Waals surface area (Å²) in [4.78, 5) is 20.5. The lowest BCUT2D eigenvalue weighted by atomic mass is 9.99. The minimum Gasteiger partial charge on any atom is -0.496 e. The summed E-state index contributed by atoms with van der Waals surface area (Å²) in [5.41, 5.74) is 10.00. The number of para-hydroxylation sites is 1. The normalized spacial score (nSPS) is 14.2. The molecule has 7 nitrogen and oxygen atoms in total. The predicted molar refractivity (Wildman–Crippen MR) is 151 cm³/mol. The highest BCUT2D eigenvalue weighted by atomic mass is 16.5. The van der Waals surface area contributed by atoms with Gasteiger partial charge in [-0.25, -0.2) is 10.4 Å². The largest absolute Gasteiger partial charge is 0.496 e. The zero-order valence-electron chi connectivity index (χ0n) is 22.0. The van der Waals surface area contributed by atoms with E-state index in [1.54, 1.807) is 13.3 Å². The first-order valence-corrected chi connectivity index (χ1v) is 12.8. The fraction of sp³-hybridized carbons (Fsp3) is 0.258. The number of hydrogen-bond donors (Lipinski definition) is 1. The third-order valence-electron chi connectivity index (χ3n) is 6.81. The Bertz CT molecular complexity index is 1490. The number of hydrazone groups is 1. The molecule has 0 bridgehead atoms. The molecule has 1 N–H and O–H groups in total. The van der Waals surface area contributed by atoms with Crippen molar-refractivity contribution in [2.24, 2.45) is 5.10 Å². The second-order valence-electron chi connectivity index (χ2n) is 9.55. The van der Waals surface area contributed by atoms with E-state index >= 15 is 0 Å². The van der Waals surface area contributed by atoms with E-state index in [0.29, 0.717) is 5.56 Å². The molecule has 1 aromatic heterocycles. The van der Waals surface area contributed by atoms with E-state index in [-0.39, 0.29) is 5.91 Å². The summed E-state index contributed by atoms with van der Waals surface area (Å²) in [5, 5.41) is 5.07. The van der Waals surface area contributed by atoms with Crippen molar-refractivity contribution in [1.29, 1.82) is 0 Å². The Labute approximate surface area is 223 Å². The maximum absolute atomic E-state index is 13.3. The number of fused-ring (bicyclic) bond motifs is 1. The minimum atomic E-state index is -0.284. The molecule has 1 fully saturated rings. The van der Waals surface area contributed by atoms with Gasteiger partial charge in [-0.3, -0.25) is 9.69 Å². The van der Waals surface area contributed by atoms with Crippen LogP contribution in [0.5, 0.6) is 5.75 Å². The molecule has 5 rings (SSSR count). The average molecular weight is 509 g/mol. The summed E-state index contributed by atoms with van der Waals surface area (Å²) in [6.07, 6.45) is 1.66. The van der Waals surface area contributed by atoms with Gasteiger partial charge in [-0.15, -0.1) is 0 Å². The van der Waals surface area contributed by atoms with E-state index < -0.39 is 0 Å². The van der Waals surface area contributed by atoms with Gasteiger partial charge >= 0.3 is 0 Å². The Morgan fingerprint density at radius 3 is 2.71 bits per heavy atom. The van der Waals surface area contributed by atoms with Gasteiger partial charge in [0.15, 0.2) is 0 Å². The fourth-order valence-electron chi connectivity index (χ4n) is 4.74. The van der Waals surface area contributed by atoms with Crippen LogP contribution in [0.15, 0.2) is 71.8 Å². The zero-order valence-corrected chi connectivity index (χ0v) is 22.0. The Kier molecular flexibility index (Phi) is 7.77. The van der Waals surface area contributed by atoms with Crippen LogP contribution in [0, 0.1) is 13.8 Å². The number of ether oxygens (including phenoxy) is 2. The standard InChI is InChI=1S/C31H32N4O3/c1-21-8-9-22(2)26(16-21)29-18-27(25-6-4-5-7-28(25)33-29)31(36)34-32-19-23-10-11-30(37-3)24(17-23)20-35-12-14-38-15-13-35/h4-11,16-19H,12-15,20H2,1-3H3,(H,34,36)/b32-19+. The van der Waals surface area contributed by atoms with Crippen LogP contribution in [0.4, 0.5) is 0 Å². The second kappa shape index (κ2) is 11.5. The summed E-state index contributed by atoms with van der Waals surface area (Å²) in [6, 6.07) is 21.7. The Morgan fingerprint density at radius 1 is 1.08 bits per heavy atom. The van der Waals surface area contributed by atoms with Gasteiger partial charge in [-0.1, -0.05) is 35.9 Å². The van der Waals surface area contributed by atoms with Crippen LogP contribution in [-0.4, -0.2) is 55.4 Å². The summed E-state index contributed by atoms with van der Waals surface area (Å²) in [5.74, 6) is 0.549. The van der Waals surface area contributed by atoms with Gasteiger partial charge in [-0.05, 0) is 61.4 Å². The molecule has 4 aromatic rings. The van der Waals surface area contributed by atoms with Crippen molar-refractivity contribution in [2.75, 3.05) is 33.4 Å². The number of benzene rings is 3. The molecule has 1 aliphatic heterocycles. The number of aryl methyl sites for hydroxylation is 2. The summed E-state index contributed by atoms with van der Waals surface area (Å²) < 4.78 is 11.0. The third kappa shape index (κ3) is 5.74. The number of hydrogen-bond acceptors (Lipinski definition) is 6. The summed E-state index contributed by atoms with van der Waals surface area (Å²) >= 11 is 0. The molecule has 1 aliphatic rings. The van der Waals surface area contributed by atoms with Crippen molar-refractivity contribution in [3.63, 3.8) is 0 Å². The van der Waals surface area contributed by atoms with Crippen LogP contribution in [0.2, 0.25) is 0 Å². The molecular formula is C31H32N4O3. The molecule has 1 amide bonds. The molecular weight excluding hydrogens is 476 g/mol. The van der Waals surface area contributed by atoms with Gasteiger partial charge in [0, 0.05) is 36.1 Å². The third-order valence-corrected chi connectivity index (χ3v) is 6.81. The van der Waals surface area contributed by atoms with Gasteiger partial charge in [-0.2, -0.15) is 5.10 Å². The maximum atomic E-state index is 13.3. The van der Waals surface area contributed by atoms with Gasteiger partial charge in [0.2, 0.25) is 0 Å². The number of nitrogens with zero attached hydrogens (tertiary/aromatic N) is 3. The highest BCUT2D eigenvalue weighted by Crippen LogP contribution is 2.28. The Morgan fingerprint density at radius 2 is 1.89 bits per heavy atom. The van der Waals surface area contributed by atoms with Crippen molar-refractivity contribution in [2.45, 2.75) is 20.4 Å². The smallest absolute Gasteiger partial charge is 0.272 e. The minimum absolute atomic E-state index is 0.284. The molecule has 0 unspecified atom stereocenters. The molecule has 2 heterocycles. The van der Waals surface area contributed by atoms with Crippen molar-refractivity contribution in [1.82, 2.24) is 15.3 Å². The number of nitrogens with one attached hydrogen (secondary N) is 1. The Hall–Kier alpha value is -4.07. The zero-order chi connectivity index (χ0) is 26.5. The van der Waals surface area contributed by atoms with Crippen LogP contribution < -0.4 is 10.2 Å². The molecule has 0 saturated carbocycles.